The van der Waals surface area contributed by atoms with E-state index in [1.54, 1.807) is 25.8 Å². The molecule has 1 aromatic rings. The van der Waals surface area contributed by atoms with Crippen LogP contribution in [0.15, 0.2) is 18.2 Å². The minimum atomic E-state index is -1.70. The summed E-state index contributed by atoms with van der Waals surface area (Å²) in [7, 11) is 1.62. The van der Waals surface area contributed by atoms with E-state index in [0.29, 0.717) is 18.5 Å². The zero-order chi connectivity index (χ0) is 17.9. The van der Waals surface area contributed by atoms with Crippen LogP contribution >= 0.6 is 0 Å². The van der Waals surface area contributed by atoms with Gasteiger partial charge in [0.25, 0.3) is 0 Å². The van der Waals surface area contributed by atoms with E-state index in [9.17, 15) is 18.4 Å². The summed E-state index contributed by atoms with van der Waals surface area (Å²) in [6.45, 7) is 3.88. The molecule has 1 atom stereocenters. The summed E-state index contributed by atoms with van der Waals surface area (Å²) in [5.74, 6) is -4.17. The lowest BCUT2D eigenvalue weighted by Gasteiger charge is -2.35. The fraction of sp³-hybridized carbons (Fsp3) is 0.529. The summed E-state index contributed by atoms with van der Waals surface area (Å²) in [6, 6.07) is 3.39. The van der Waals surface area contributed by atoms with Gasteiger partial charge in [0.2, 0.25) is 5.54 Å². The van der Waals surface area contributed by atoms with Gasteiger partial charge in [-0.2, -0.15) is 0 Å². The van der Waals surface area contributed by atoms with Gasteiger partial charge in [0, 0.05) is 12.5 Å². The summed E-state index contributed by atoms with van der Waals surface area (Å²) in [4.78, 5) is 27.0. The standard InChI is InChI=1S/C17H21F2NO4/c1-4-23-15(21)17(16(22)24-5-2)12(8-9-20(17)3)11-6-7-13(18)14(19)10-11/h6-7,10,12H,4-5,8-9H2,1-3H3. The number of likely N-dealkylation sites (N-methyl/N-ethyl adjacent to an activating group) is 1. The Balaban J connectivity index is 2.56. The van der Waals surface area contributed by atoms with Crippen molar-refractivity contribution in [1.29, 1.82) is 0 Å². The van der Waals surface area contributed by atoms with Crippen LogP contribution in [-0.4, -0.2) is 49.2 Å². The van der Waals surface area contributed by atoms with Gasteiger partial charge < -0.3 is 9.47 Å². The first-order valence-corrected chi connectivity index (χ1v) is 7.90. The number of hydrogen-bond donors (Lipinski definition) is 0. The van der Waals surface area contributed by atoms with Crippen LogP contribution in [0.1, 0.15) is 31.7 Å². The second-order valence-corrected chi connectivity index (χ2v) is 5.64. The van der Waals surface area contributed by atoms with Gasteiger partial charge >= 0.3 is 11.9 Å². The molecule has 2 rings (SSSR count). The average molecular weight is 341 g/mol. The van der Waals surface area contributed by atoms with Crippen molar-refractivity contribution >= 4 is 11.9 Å². The van der Waals surface area contributed by atoms with Gasteiger partial charge in [0.15, 0.2) is 11.6 Å². The summed E-state index contributed by atoms with van der Waals surface area (Å²) >= 11 is 0. The molecule has 0 amide bonds. The molecule has 0 N–H and O–H groups in total. The van der Waals surface area contributed by atoms with E-state index in [-0.39, 0.29) is 13.2 Å². The van der Waals surface area contributed by atoms with Gasteiger partial charge in [-0.05, 0) is 45.0 Å². The molecule has 24 heavy (non-hydrogen) atoms. The van der Waals surface area contributed by atoms with Crippen molar-refractivity contribution in [2.75, 3.05) is 26.8 Å². The molecular formula is C17H21F2NO4. The van der Waals surface area contributed by atoms with E-state index >= 15 is 0 Å². The molecule has 0 radical (unpaired) electrons. The van der Waals surface area contributed by atoms with Crippen molar-refractivity contribution in [1.82, 2.24) is 4.90 Å². The topological polar surface area (TPSA) is 55.8 Å². The van der Waals surface area contributed by atoms with Crippen LogP contribution in [0.2, 0.25) is 0 Å². The van der Waals surface area contributed by atoms with Gasteiger partial charge in [-0.3, -0.25) is 4.90 Å². The Labute approximate surface area is 139 Å². The Morgan fingerprint density at radius 2 is 1.75 bits per heavy atom. The maximum Gasteiger partial charge on any atom is 0.338 e. The number of esters is 2. The van der Waals surface area contributed by atoms with Crippen molar-refractivity contribution < 1.29 is 27.8 Å². The largest absolute Gasteiger partial charge is 0.464 e. The molecule has 1 aliphatic heterocycles. The third-order valence-electron chi connectivity index (χ3n) is 4.38. The minimum Gasteiger partial charge on any atom is -0.464 e. The molecular weight excluding hydrogens is 320 g/mol. The molecule has 1 aromatic carbocycles. The molecule has 0 aliphatic carbocycles. The fourth-order valence-corrected chi connectivity index (χ4v) is 3.27. The lowest BCUT2D eigenvalue weighted by molar-refractivity contribution is -0.172. The number of rotatable bonds is 5. The summed E-state index contributed by atoms with van der Waals surface area (Å²) < 4.78 is 37.2. The summed E-state index contributed by atoms with van der Waals surface area (Å²) in [5.41, 5.74) is -1.34. The third kappa shape index (κ3) is 2.88. The highest BCUT2D eigenvalue weighted by Crippen LogP contribution is 2.43. The lowest BCUT2D eigenvalue weighted by atomic mass is 9.79. The maximum absolute atomic E-state index is 13.7. The number of likely N-dealkylation sites (tertiary alicyclic amines) is 1. The molecule has 132 valence electrons. The SMILES string of the molecule is CCOC(=O)C1(C(=O)OCC)C(c2ccc(F)c(F)c2)CCN1C. The zero-order valence-electron chi connectivity index (χ0n) is 14.0. The molecule has 1 unspecified atom stereocenters. The molecule has 1 aliphatic rings. The van der Waals surface area contributed by atoms with Crippen molar-refractivity contribution in [2.24, 2.45) is 0 Å². The fourth-order valence-electron chi connectivity index (χ4n) is 3.27. The van der Waals surface area contributed by atoms with E-state index in [0.717, 1.165) is 12.1 Å². The molecule has 0 bridgehead atoms. The van der Waals surface area contributed by atoms with E-state index in [1.165, 1.54) is 6.07 Å². The highest BCUT2D eigenvalue weighted by atomic mass is 19.2. The van der Waals surface area contributed by atoms with E-state index in [4.69, 9.17) is 9.47 Å². The number of carbonyl (C=O) groups is 2. The number of benzene rings is 1. The van der Waals surface area contributed by atoms with E-state index in [1.807, 2.05) is 0 Å². The predicted molar refractivity (Wildman–Crippen MR) is 82.3 cm³/mol. The predicted octanol–water partition coefficient (Wildman–Crippen LogP) is 2.25. The number of ether oxygens (including phenoxy) is 2. The van der Waals surface area contributed by atoms with Crippen LogP contribution in [0.3, 0.4) is 0 Å². The highest BCUT2D eigenvalue weighted by molar-refractivity contribution is 6.06. The first kappa shape index (κ1) is 18.3. The highest BCUT2D eigenvalue weighted by Gasteiger charge is 2.61. The molecule has 1 saturated heterocycles. The van der Waals surface area contributed by atoms with Gasteiger partial charge in [-0.1, -0.05) is 6.07 Å². The molecule has 0 aromatic heterocycles. The van der Waals surface area contributed by atoms with E-state index < -0.39 is 35.0 Å². The molecule has 1 heterocycles. The van der Waals surface area contributed by atoms with Crippen molar-refractivity contribution in [2.45, 2.75) is 31.7 Å². The van der Waals surface area contributed by atoms with Crippen LogP contribution in [0.5, 0.6) is 0 Å². The Bertz CT molecular complexity index is 617. The van der Waals surface area contributed by atoms with E-state index in [2.05, 4.69) is 0 Å². The Morgan fingerprint density at radius 3 is 2.25 bits per heavy atom. The number of halogens is 2. The Kier molecular flexibility index (Phi) is 5.54. The smallest absolute Gasteiger partial charge is 0.338 e. The van der Waals surface area contributed by atoms with Crippen molar-refractivity contribution in [3.63, 3.8) is 0 Å². The quantitative estimate of drug-likeness (QED) is 0.607. The second kappa shape index (κ2) is 7.25. The lowest BCUT2D eigenvalue weighted by Crippen LogP contribution is -2.59. The molecule has 0 spiro atoms. The van der Waals surface area contributed by atoms with Gasteiger partial charge in [0.05, 0.1) is 13.2 Å². The van der Waals surface area contributed by atoms with Gasteiger partial charge in [-0.25, -0.2) is 18.4 Å². The van der Waals surface area contributed by atoms with Crippen LogP contribution in [0.25, 0.3) is 0 Å². The molecule has 1 fully saturated rings. The first-order valence-electron chi connectivity index (χ1n) is 7.90. The zero-order valence-corrected chi connectivity index (χ0v) is 14.0. The van der Waals surface area contributed by atoms with Crippen LogP contribution in [0.4, 0.5) is 8.78 Å². The van der Waals surface area contributed by atoms with Crippen molar-refractivity contribution in [3.8, 4) is 0 Å². The first-order chi connectivity index (χ1) is 11.4. The number of nitrogens with zero attached hydrogens (tertiary/aromatic N) is 1. The normalized spacial score (nSPS) is 20.0. The van der Waals surface area contributed by atoms with Gasteiger partial charge in [0.1, 0.15) is 0 Å². The second-order valence-electron chi connectivity index (χ2n) is 5.64. The maximum atomic E-state index is 13.7. The molecule has 5 nitrogen and oxygen atoms in total. The average Bonchev–Trinajstić information content (AvgIpc) is 2.89. The monoisotopic (exact) mass is 341 g/mol. The van der Waals surface area contributed by atoms with Gasteiger partial charge in [-0.15, -0.1) is 0 Å². The number of hydrogen-bond acceptors (Lipinski definition) is 5. The Morgan fingerprint density at radius 1 is 1.17 bits per heavy atom. The number of carbonyl (C=O) groups excluding carboxylic acids is 2. The summed E-state index contributed by atoms with van der Waals surface area (Å²) in [5, 5.41) is 0. The van der Waals surface area contributed by atoms with Crippen molar-refractivity contribution in [3.05, 3.63) is 35.4 Å². The Hall–Kier alpha value is -2.02. The third-order valence-corrected chi connectivity index (χ3v) is 4.38. The van der Waals surface area contributed by atoms with Crippen LogP contribution < -0.4 is 0 Å². The van der Waals surface area contributed by atoms with Crippen LogP contribution in [-0.2, 0) is 19.1 Å². The minimum absolute atomic E-state index is 0.0956. The molecule has 7 heteroatoms. The summed E-state index contributed by atoms with van der Waals surface area (Å²) in [6.07, 6.45) is 0.416. The molecule has 0 saturated carbocycles. The van der Waals surface area contributed by atoms with Crippen LogP contribution in [0, 0.1) is 11.6 Å².